The standard InChI is InChI=1S/C18H17ClN4OS/c1-12-3-5-13(6-4-12)17-21-22-18(25-11-16(24)20-2)23(17)15-9-7-14(19)8-10-15/h3-10H,11H2,1-2H3,(H,20,24). The average Bonchev–Trinajstić information content (AvgIpc) is 3.05. The van der Waals surface area contributed by atoms with Crippen molar-refractivity contribution in [1.29, 1.82) is 0 Å². The zero-order chi connectivity index (χ0) is 17.8. The number of carbonyl (C=O) groups excluding carboxylic acids is 1. The van der Waals surface area contributed by atoms with Crippen LogP contribution in [0.3, 0.4) is 0 Å². The van der Waals surface area contributed by atoms with Gasteiger partial charge in [0.2, 0.25) is 5.91 Å². The van der Waals surface area contributed by atoms with Gasteiger partial charge < -0.3 is 5.32 Å². The molecule has 0 unspecified atom stereocenters. The number of hydrogen-bond donors (Lipinski definition) is 1. The summed E-state index contributed by atoms with van der Waals surface area (Å²) in [5, 5.41) is 12.6. The smallest absolute Gasteiger partial charge is 0.230 e. The lowest BCUT2D eigenvalue weighted by molar-refractivity contribution is -0.118. The molecule has 128 valence electrons. The van der Waals surface area contributed by atoms with Gasteiger partial charge in [0, 0.05) is 23.3 Å². The molecule has 0 bridgehead atoms. The van der Waals surface area contributed by atoms with Crippen molar-refractivity contribution in [3.63, 3.8) is 0 Å². The van der Waals surface area contributed by atoms with E-state index in [2.05, 4.69) is 15.5 Å². The molecule has 0 saturated heterocycles. The molecule has 3 aromatic rings. The number of halogens is 1. The summed E-state index contributed by atoms with van der Waals surface area (Å²) < 4.78 is 1.94. The molecule has 1 aromatic heterocycles. The zero-order valence-corrected chi connectivity index (χ0v) is 15.4. The Morgan fingerprint density at radius 1 is 1.12 bits per heavy atom. The predicted molar refractivity (Wildman–Crippen MR) is 101 cm³/mol. The lowest BCUT2D eigenvalue weighted by Gasteiger charge is -2.10. The molecule has 0 aliphatic carbocycles. The molecular formula is C18H17ClN4OS. The minimum Gasteiger partial charge on any atom is -0.358 e. The van der Waals surface area contributed by atoms with E-state index >= 15 is 0 Å². The molecule has 5 nitrogen and oxygen atoms in total. The highest BCUT2D eigenvalue weighted by molar-refractivity contribution is 7.99. The summed E-state index contributed by atoms with van der Waals surface area (Å²) in [6, 6.07) is 15.6. The first-order chi connectivity index (χ1) is 12.1. The highest BCUT2D eigenvalue weighted by Crippen LogP contribution is 2.28. The van der Waals surface area contributed by atoms with Crippen LogP contribution in [0.1, 0.15) is 5.56 Å². The van der Waals surface area contributed by atoms with Crippen LogP contribution in [0, 0.1) is 6.92 Å². The van der Waals surface area contributed by atoms with Gasteiger partial charge >= 0.3 is 0 Å². The molecule has 1 N–H and O–H groups in total. The van der Waals surface area contributed by atoms with Crippen molar-refractivity contribution in [3.05, 3.63) is 59.1 Å². The lowest BCUT2D eigenvalue weighted by Crippen LogP contribution is -2.20. The number of aromatic nitrogens is 3. The number of amides is 1. The Morgan fingerprint density at radius 3 is 2.44 bits per heavy atom. The SMILES string of the molecule is CNC(=O)CSc1nnc(-c2ccc(C)cc2)n1-c1ccc(Cl)cc1. The maximum Gasteiger partial charge on any atom is 0.230 e. The summed E-state index contributed by atoms with van der Waals surface area (Å²) in [6.45, 7) is 2.04. The van der Waals surface area contributed by atoms with Crippen molar-refractivity contribution in [3.8, 4) is 17.1 Å². The summed E-state index contributed by atoms with van der Waals surface area (Å²) in [6.07, 6.45) is 0. The van der Waals surface area contributed by atoms with Gasteiger partial charge in [-0.15, -0.1) is 10.2 Å². The van der Waals surface area contributed by atoms with Crippen molar-refractivity contribution in [1.82, 2.24) is 20.1 Å². The number of thioether (sulfide) groups is 1. The Bertz CT molecular complexity index is 875. The maximum atomic E-state index is 11.6. The average molecular weight is 373 g/mol. The lowest BCUT2D eigenvalue weighted by atomic mass is 10.1. The van der Waals surface area contributed by atoms with Gasteiger partial charge in [-0.1, -0.05) is 53.2 Å². The molecular weight excluding hydrogens is 356 g/mol. The molecule has 2 aromatic carbocycles. The van der Waals surface area contributed by atoms with E-state index in [0.717, 1.165) is 17.1 Å². The van der Waals surface area contributed by atoms with Gasteiger partial charge in [0.1, 0.15) is 0 Å². The Hall–Kier alpha value is -2.31. The third-order valence-electron chi connectivity index (χ3n) is 3.64. The van der Waals surface area contributed by atoms with Crippen molar-refractivity contribution >= 4 is 29.3 Å². The summed E-state index contributed by atoms with van der Waals surface area (Å²) >= 11 is 7.35. The fourth-order valence-corrected chi connectivity index (χ4v) is 3.23. The van der Waals surface area contributed by atoms with Gasteiger partial charge in [0.15, 0.2) is 11.0 Å². The fraction of sp³-hybridized carbons (Fsp3) is 0.167. The number of hydrogen-bond acceptors (Lipinski definition) is 4. The van der Waals surface area contributed by atoms with Gasteiger partial charge in [-0.05, 0) is 31.2 Å². The van der Waals surface area contributed by atoms with Crippen LogP contribution >= 0.6 is 23.4 Å². The third kappa shape index (κ3) is 4.03. The first-order valence-electron chi connectivity index (χ1n) is 7.70. The maximum absolute atomic E-state index is 11.6. The highest BCUT2D eigenvalue weighted by atomic mass is 35.5. The van der Waals surface area contributed by atoms with E-state index in [9.17, 15) is 4.79 Å². The van der Waals surface area contributed by atoms with Crippen molar-refractivity contribution in [2.24, 2.45) is 0 Å². The quantitative estimate of drug-likeness (QED) is 0.693. The molecule has 0 saturated carbocycles. The van der Waals surface area contributed by atoms with Crippen LogP contribution in [0.2, 0.25) is 5.02 Å². The van der Waals surface area contributed by atoms with Gasteiger partial charge in [0.25, 0.3) is 0 Å². The first-order valence-corrected chi connectivity index (χ1v) is 9.06. The Kier molecular flexibility index (Phi) is 5.40. The van der Waals surface area contributed by atoms with Gasteiger partial charge in [0.05, 0.1) is 5.75 Å². The molecule has 0 fully saturated rings. The van der Waals surface area contributed by atoms with Crippen LogP contribution in [-0.4, -0.2) is 33.5 Å². The molecule has 1 heterocycles. The number of nitrogens with one attached hydrogen (secondary N) is 1. The number of carbonyl (C=O) groups is 1. The second-order valence-corrected chi connectivity index (χ2v) is 6.82. The second-order valence-electron chi connectivity index (χ2n) is 5.45. The number of aryl methyl sites for hydroxylation is 1. The summed E-state index contributed by atoms with van der Waals surface area (Å²) in [5.74, 6) is 0.935. The largest absolute Gasteiger partial charge is 0.358 e. The van der Waals surface area contributed by atoms with Gasteiger partial charge in [-0.2, -0.15) is 0 Å². The molecule has 0 spiro atoms. The van der Waals surface area contributed by atoms with E-state index in [1.54, 1.807) is 7.05 Å². The first kappa shape index (κ1) is 17.5. The van der Waals surface area contributed by atoms with Crippen LogP contribution < -0.4 is 5.32 Å². The van der Waals surface area contributed by atoms with E-state index in [4.69, 9.17) is 11.6 Å². The molecule has 3 rings (SSSR count). The fourth-order valence-electron chi connectivity index (χ4n) is 2.28. The van der Waals surface area contributed by atoms with Crippen LogP contribution in [0.5, 0.6) is 0 Å². The van der Waals surface area contributed by atoms with E-state index in [1.807, 2.05) is 60.0 Å². The van der Waals surface area contributed by atoms with Crippen LogP contribution in [0.25, 0.3) is 17.1 Å². The van der Waals surface area contributed by atoms with Crippen LogP contribution in [0.4, 0.5) is 0 Å². The molecule has 1 amide bonds. The summed E-state index contributed by atoms with van der Waals surface area (Å²) in [4.78, 5) is 11.6. The molecule has 7 heteroatoms. The number of benzene rings is 2. The third-order valence-corrected chi connectivity index (χ3v) is 4.82. The van der Waals surface area contributed by atoms with Gasteiger partial charge in [-0.25, -0.2) is 0 Å². The van der Waals surface area contributed by atoms with Crippen molar-refractivity contribution in [2.75, 3.05) is 12.8 Å². The van der Waals surface area contributed by atoms with Crippen molar-refractivity contribution in [2.45, 2.75) is 12.1 Å². The summed E-state index contributed by atoms with van der Waals surface area (Å²) in [7, 11) is 1.62. The normalized spacial score (nSPS) is 10.7. The molecule has 0 aliphatic rings. The second kappa shape index (κ2) is 7.72. The molecule has 25 heavy (non-hydrogen) atoms. The summed E-state index contributed by atoms with van der Waals surface area (Å²) in [5.41, 5.74) is 3.03. The highest BCUT2D eigenvalue weighted by Gasteiger charge is 2.17. The molecule has 0 atom stereocenters. The van der Waals surface area contributed by atoms with E-state index in [0.29, 0.717) is 10.2 Å². The minimum atomic E-state index is -0.0625. The Morgan fingerprint density at radius 2 is 1.80 bits per heavy atom. The zero-order valence-electron chi connectivity index (χ0n) is 13.9. The Balaban J connectivity index is 2.05. The monoisotopic (exact) mass is 372 g/mol. The van der Waals surface area contributed by atoms with Crippen LogP contribution in [-0.2, 0) is 4.79 Å². The van der Waals surface area contributed by atoms with Crippen LogP contribution in [0.15, 0.2) is 53.7 Å². The van der Waals surface area contributed by atoms with E-state index in [-0.39, 0.29) is 11.7 Å². The van der Waals surface area contributed by atoms with E-state index < -0.39 is 0 Å². The number of rotatable bonds is 5. The van der Waals surface area contributed by atoms with Crippen molar-refractivity contribution < 1.29 is 4.79 Å². The number of nitrogens with zero attached hydrogens (tertiary/aromatic N) is 3. The Labute approximate surface area is 155 Å². The predicted octanol–water partition coefficient (Wildman–Crippen LogP) is 3.73. The van der Waals surface area contributed by atoms with Gasteiger partial charge in [-0.3, -0.25) is 9.36 Å². The minimum absolute atomic E-state index is 0.0625. The topological polar surface area (TPSA) is 59.8 Å². The molecule has 0 aliphatic heterocycles. The molecule has 0 radical (unpaired) electrons. The van der Waals surface area contributed by atoms with E-state index in [1.165, 1.54) is 17.3 Å².